The number of pyridine rings is 1. The number of aromatic amines is 1. The van der Waals surface area contributed by atoms with Gasteiger partial charge >= 0.3 is 0 Å². The summed E-state index contributed by atoms with van der Waals surface area (Å²) in [4.78, 5) is 9.54. The van der Waals surface area contributed by atoms with Gasteiger partial charge in [0.25, 0.3) is 0 Å². The molecule has 0 bridgehead atoms. The first-order valence-electron chi connectivity index (χ1n) is 3.78. The Labute approximate surface area is 77.8 Å². The van der Waals surface area contributed by atoms with Gasteiger partial charge < -0.3 is 10.7 Å². The minimum atomic E-state index is -0.756. The van der Waals surface area contributed by atoms with Crippen LogP contribution in [0.15, 0.2) is 18.6 Å². The van der Waals surface area contributed by atoms with Crippen LogP contribution in [0.5, 0.6) is 0 Å². The molecule has 2 heterocycles. The molecule has 2 aromatic rings. The minimum absolute atomic E-state index is 0.107. The predicted molar refractivity (Wildman–Crippen MR) is 46.1 cm³/mol. The van der Waals surface area contributed by atoms with Gasteiger partial charge in [0.15, 0.2) is 17.6 Å². The van der Waals surface area contributed by atoms with Crippen LogP contribution in [-0.4, -0.2) is 15.0 Å². The second-order valence-electron chi connectivity index (χ2n) is 2.66. The number of nitrogens with two attached hydrogens (primary N) is 1. The predicted octanol–water partition coefficient (Wildman–Crippen LogP) is 1.33. The Balaban J connectivity index is 2.61. The number of imidazole rings is 1. The molecule has 2 aromatic heterocycles. The molecule has 0 aromatic carbocycles. The molecule has 0 fully saturated rings. The van der Waals surface area contributed by atoms with Gasteiger partial charge in [-0.1, -0.05) is 0 Å². The number of nitrogens with zero attached hydrogens (tertiary/aromatic N) is 2. The lowest BCUT2D eigenvalue weighted by Gasteiger charge is -1.99. The average Bonchev–Trinajstić information content (AvgIpc) is 2.51. The standard InChI is InChI=1S/C8H6F2N4/c9-4-1-12-2-5(10)7(4)6-3-13-8(11)14-6/h1-3H,(H3,11,13,14). The van der Waals surface area contributed by atoms with Crippen LogP contribution >= 0.6 is 0 Å². The molecule has 0 aliphatic heterocycles. The van der Waals surface area contributed by atoms with Crippen molar-refractivity contribution in [2.75, 3.05) is 5.73 Å². The largest absolute Gasteiger partial charge is 0.369 e. The second kappa shape index (κ2) is 3.06. The monoisotopic (exact) mass is 196 g/mol. The molecule has 0 radical (unpaired) electrons. The van der Waals surface area contributed by atoms with E-state index in [1.54, 1.807) is 0 Å². The molecule has 0 spiro atoms. The third kappa shape index (κ3) is 1.30. The topological polar surface area (TPSA) is 67.6 Å². The first kappa shape index (κ1) is 8.61. The Morgan fingerprint density at radius 2 is 1.79 bits per heavy atom. The second-order valence-corrected chi connectivity index (χ2v) is 2.66. The van der Waals surface area contributed by atoms with E-state index in [2.05, 4.69) is 15.0 Å². The zero-order chi connectivity index (χ0) is 10.1. The summed E-state index contributed by atoms with van der Waals surface area (Å²) in [5.74, 6) is -1.40. The van der Waals surface area contributed by atoms with Gasteiger partial charge in [-0.2, -0.15) is 0 Å². The van der Waals surface area contributed by atoms with Gasteiger partial charge in [0, 0.05) is 0 Å². The van der Waals surface area contributed by atoms with Gasteiger partial charge in [-0.25, -0.2) is 13.8 Å². The zero-order valence-electron chi connectivity index (χ0n) is 6.96. The molecule has 6 heteroatoms. The van der Waals surface area contributed by atoms with E-state index in [0.717, 1.165) is 12.4 Å². The highest BCUT2D eigenvalue weighted by molar-refractivity contribution is 5.60. The van der Waals surface area contributed by atoms with Gasteiger partial charge in [0.05, 0.1) is 29.8 Å². The number of nitrogens with one attached hydrogen (secondary N) is 1. The highest BCUT2D eigenvalue weighted by atomic mass is 19.1. The van der Waals surface area contributed by atoms with E-state index in [4.69, 9.17) is 5.73 Å². The van der Waals surface area contributed by atoms with Gasteiger partial charge in [0.2, 0.25) is 0 Å². The summed E-state index contributed by atoms with van der Waals surface area (Å²) < 4.78 is 26.3. The maximum absolute atomic E-state index is 13.2. The van der Waals surface area contributed by atoms with E-state index < -0.39 is 11.6 Å². The lowest BCUT2D eigenvalue weighted by Crippen LogP contribution is -1.92. The van der Waals surface area contributed by atoms with Gasteiger partial charge in [0.1, 0.15) is 0 Å². The number of halogens is 2. The first-order chi connectivity index (χ1) is 6.68. The highest BCUT2D eigenvalue weighted by Gasteiger charge is 2.13. The summed E-state index contributed by atoms with van der Waals surface area (Å²) in [6.45, 7) is 0. The summed E-state index contributed by atoms with van der Waals surface area (Å²) in [5.41, 5.74) is 5.28. The van der Waals surface area contributed by atoms with Crippen LogP contribution in [0.4, 0.5) is 14.7 Å². The van der Waals surface area contributed by atoms with E-state index in [9.17, 15) is 8.78 Å². The molecule has 3 N–H and O–H groups in total. The number of rotatable bonds is 1. The smallest absolute Gasteiger partial charge is 0.197 e. The number of H-pyrrole nitrogens is 1. The van der Waals surface area contributed by atoms with Crippen molar-refractivity contribution in [1.29, 1.82) is 0 Å². The fourth-order valence-corrected chi connectivity index (χ4v) is 1.13. The van der Waals surface area contributed by atoms with Gasteiger partial charge in [-0.05, 0) is 0 Å². The highest BCUT2D eigenvalue weighted by Crippen LogP contribution is 2.23. The third-order valence-electron chi connectivity index (χ3n) is 1.72. The Hall–Kier alpha value is -1.98. The fraction of sp³-hybridized carbons (Fsp3) is 0. The first-order valence-corrected chi connectivity index (χ1v) is 3.78. The van der Waals surface area contributed by atoms with Crippen molar-refractivity contribution in [2.45, 2.75) is 0 Å². The van der Waals surface area contributed by atoms with Crippen LogP contribution in [0.1, 0.15) is 0 Å². The Bertz CT molecular complexity index is 446. The Kier molecular flexibility index (Phi) is 1.88. The molecule has 0 aliphatic rings. The van der Waals surface area contributed by atoms with Crippen molar-refractivity contribution in [1.82, 2.24) is 15.0 Å². The molecule has 0 saturated carbocycles. The minimum Gasteiger partial charge on any atom is -0.369 e. The van der Waals surface area contributed by atoms with Crippen LogP contribution in [0, 0.1) is 11.6 Å². The fourth-order valence-electron chi connectivity index (χ4n) is 1.13. The van der Waals surface area contributed by atoms with Crippen molar-refractivity contribution >= 4 is 5.95 Å². The third-order valence-corrected chi connectivity index (χ3v) is 1.72. The number of hydrogen-bond donors (Lipinski definition) is 2. The number of nitrogen functional groups attached to an aromatic ring is 1. The van der Waals surface area contributed by atoms with Crippen molar-refractivity contribution in [3.63, 3.8) is 0 Å². The zero-order valence-corrected chi connectivity index (χ0v) is 6.96. The molecule has 72 valence electrons. The molecule has 14 heavy (non-hydrogen) atoms. The quantitative estimate of drug-likeness (QED) is 0.723. The van der Waals surface area contributed by atoms with Crippen molar-refractivity contribution in [3.8, 4) is 11.3 Å². The average molecular weight is 196 g/mol. The van der Waals surface area contributed by atoms with Crippen molar-refractivity contribution in [3.05, 3.63) is 30.2 Å². The molecule has 0 aliphatic carbocycles. The summed E-state index contributed by atoms with van der Waals surface area (Å²) in [6, 6.07) is 0. The maximum Gasteiger partial charge on any atom is 0.197 e. The molecule has 0 amide bonds. The molecule has 4 nitrogen and oxygen atoms in total. The lowest BCUT2D eigenvalue weighted by atomic mass is 10.2. The Morgan fingerprint density at radius 3 is 2.29 bits per heavy atom. The van der Waals surface area contributed by atoms with E-state index >= 15 is 0 Å². The van der Waals surface area contributed by atoms with Crippen LogP contribution in [-0.2, 0) is 0 Å². The Morgan fingerprint density at radius 1 is 1.14 bits per heavy atom. The summed E-state index contributed by atoms with van der Waals surface area (Å²) in [7, 11) is 0. The maximum atomic E-state index is 13.2. The van der Waals surface area contributed by atoms with Crippen LogP contribution in [0.2, 0.25) is 0 Å². The summed E-state index contributed by atoms with van der Waals surface area (Å²) >= 11 is 0. The van der Waals surface area contributed by atoms with Gasteiger partial charge in [-0.15, -0.1) is 0 Å². The normalized spacial score (nSPS) is 10.4. The summed E-state index contributed by atoms with van der Waals surface area (Å²) in [6.07, 6.45) is 3.11. The SMILES string of the molecule is Nc1ncc(-c2c(F)cncc2F)[nH]1. The van der Waals surface area contributed by atoms with Crippen LogP contribution in [0.25, 0.3) is 11.3 Å². The molecular formula is C8H6F2N4. The van der Waals surface area contributed by atoms with Crippen molar-refractivity contribution < 1.29 is 8.78 Å². The van der Waals surface area contributed by atoms with E-state index in [-0.39, 0.29) is 17.2 Å². The molecule has 0 unspecified atom stereocenters. The molecular weight excluding hydrogens is 190 g/mol. The van der Waals surface area contributed by atoms with E-state index in [0.29, 0.717) is 0 Å². The van der Waals surface area contributed by atoms with Crippen LogP contribution < -0.4 is 5.73 Å². The van der Waals surface area contributed by atoms with E-state index in [1.807, 2.05) is 0 Å². The molecule has 0 saturated heterocycles. The molecule has 0 atom stereocenters. The van der Waals surface area contributed by atoms with Crippen molar-refractivity contribution in [2.24, 2.45) is 0 Å². The lowest BCUT2D eigenvalue weighted by molar-refractivity contribution is 0.578. The van der Waals surface area contributed by atoms with Crippen LogP contribution in [0.3, 0.4) is 0 Å². The summed E-state index contributed by atoms with van der Waals surface area (Å²) in [5, 5.41) is 0. The number of aromatic nitrogens is 3. The van der Waals surface area contributed by atoms with E-state index in [1.165, 1.54) is 6.20 Å². The number of anilines is 1. The van der Waals surface area contributed by atoms with Gasteiger partial charge in [-0.3, -0.25) is 4.98 Å². The number of hydrogen-bond acceptors (Lipinski definition) is 3. The molecule has 2 rings (SSSR count).